The van der Waals surface area contributed by atoms with Crippen LogP contribution in [0.15, 0.2) is 11.8 Å². The monoisotopic (exact) mass is 246 g/mol. The summed E-state index contributed by atoms with van der Waals surface area (Å²) in [6.07, 6.45) is 1.38. The van der Waals surface area contributed by atoms with Crippen LogP contribution in [0, 0.1) is 0 Å². The Morgan fingerprint density at radius 3 is 2.06 bits per heavy atom. The zero-order chi connectivity index (χ0) is 12.8. The number of methoxy groups -OCH3 is 2. The highest BCUT2D eigenvalue weighted by Gasteiger charge is 2.22. The minimum Gasteiger partial charge on any atom is -0.540 e. The molecule has 0 spiro atoms. The van der Waals surface area contributed by atoms with E-state index in [0.717, 1.165) is 0 Å². The van der Waals surface area contributed by atoms with Gasteiger partial charge in [-0.25, -0.2) is 4.79 Å². The predicted molar refractivity (Wildman–Crippen MR) is 61.2 cm³/mol. The number of rotatable bonds is 5. The van der Waals surface area contributed by atoms with Crippen molar-refractivity contribution >= 4 is 20.3 Å². The molecule has 0 saturated carbocycles. The van der Waals surface area contributed by atoms with Gasteiger partial charge in [-0.15, -0.1) is 0 Å². The molecule has 0 atom stereocenters. The summed E-state index contributed by atoms with van der Waals surface area (Å²) in [7, 11) is 0.648. The Hall–Kier alpha value is -1.30. The fourth-order valence-corrected chi connectivity index (χ4v) is 1.68. The molecule has 0 bridgehead atoms. The molecule has 92 valence electrons. The summed E-state index contributed by atoms with van der Waals surface area (Å²) in [5.41, 5.74) is 0. The van der Waals surface area contributed by atoms with Crippen LogP contribution in [0.25, 0.3) is 0 Å². The number of carbonyl (C=O) groups is 2. The van der Waals surface area contributed by atoms with Crippen molar-refractivity contribution in [3.8, 4) is 0 Å². The first-order chi connectivity index (χ1) is 7.30. The summed E-state index contributed by atoms with van der Waals surface area (Å²) >= 11 is 0. The first-order valence-electron chi connectivity index (χ1n) is 4.84. The molecule has 0 saturated heterocycles. The summed E-state index contributed by atoms with van der Waals surface area (Å²) in [5.74, 6) is -0.932. The van der Waals surface area contributed by atoms with Crippen LogP contribution in [0.1, 0.15) is 6.42 Å². The van der Waals surface area contributed by atoms with Crippen LogP contribution in [0.5, 0.6) is 0 Å². The summed E-state index contributed by atoms with van der Waals surface area (Å²) in [6.45, 7) is 5.80. The quantitative estimate of drug-likeness (QED) is 0.318. The lowest BCUT2D eigenvalue weighted by Gasteiger charge is -2.20. The van der Waals surface area contributed by atoms with Crippen molar-refractivity contribution in [2.24, 2.45) is 0 Å². The van der Waals surface area contributed by atoms with Crippen LogP contribution in [0.3, 0.4) is 0 Å². The second-order valence-corrected chi connectivity index (χ2v) is 8.48. The number of carbonyl (C=O) groups excluding carboxylic acids is 2. The Bertz CT molecular complexity index is 290. The van der Waals surface area contributed by atoms with E-state index in [1.54, 1.807) is 0 Å². The molecule has 0 amide bonds. The molecule has 5 nitrogen and oxygen atoms in total. The minimum atomic E-state index is -1.90. The van der Waals surface area contributed by atoms with Gasteiger partial charge in [-0.1, -0.05) is 0 Å². The maximum atomic E-state index is 11.3. The van der Waals surface area contributed by atoms with E-state index in [1.165, 1.54) is 20.3 Å². The first-order valence-corrected chi connectivity index (χ1v) is 8.25. The molecule has 0 fully saturated rings. The fourth-order valence-electron chi connectivity index (χ4n) is 0.856. The van der Waals surface area contributed by atoms with Gasteiger partial charge in [-0.05, 0) is 25.7 Å². The van der Waals surface area contributed by atoms with Crippen molar-refractivity contribution < 1.29 is 23.5 Å². The Balaban J connectivity index is 4.67. The van der Waals surface area contributed by atoms with Gasteiger partial charge in [0.1, 0.15) is 0 Å². The highest BCUT2D eigenvalue weighted by Crippen LogP contribution is 2.12. The van der Waals surface area contributed by atoms with E-state index in [9.17, 15) is 9.59 Å². The van der Waals surface area contributed by atoms with Crippen LogP contribution in [-0.2, 0) is 23.5 Å². The third-order valence-corrected chi connectivity index (χ3v) is 2.32. The molecular formula is C10H18O5Si. The van der Waals surface area contributed by atoms with Crippen LogP contribution in [0.2, 0.25) is 19.6 Å². The maximum Gasteiger partial charge on any atom is 0.371 e. The maximum absolute atomic E-state index is 11.3. The van der Waals surface area contributed by atoms with Gasteiger partial charge >= 0.3 is 11.9 Å². The summed E-state index contributed by atoms with van der Waals surface area (Å²) in [5, 5.41) is 0. The molecule has 0 aromatic heterocycles. The molecule has 6 heteroatoms. The summed E-state index contributed by atoms with van der Waals surface area (Å²) in [4.78, 5) is 22.3. The van der Waals surface area contributed by atoms with E-state index < -0.39 is 20.3 Å². The number of ether oxygens (including phenoxy) is 2. The first kappa shape index (κ1) is 14.7. The Morgan fingerprint density at radius 2 is 1.69 bits per heavy atom. The van der Waals surface area contributed by atoms with Gasteiger partial charge in [-0.3, -0.25) is 4.79 Å². The third kappa shape index (κ3) is 6.23. The average Bonchev–Trinajstić information content (AvgIpc) is 2.20. The lowest BCUT2D eigenvalue weighted by atomic mass is 10.3. The van der Waals surface area contributed by atoms with Gasteiger partial charge in [0.05, 0.1) is 20.6 Å². The number of esters is 2. The topological polar surface area (TPSA) is 61.8 Å². The van der Waals surface area contributed by atoms with Crippen molar-refractivity contribution in [3.05, 3.63) is 11.8 Å². The molecule has 0 aliphatic carbocycles. The van der Waals surface area contributed by atoms with E-state index >= 15 is 0 Å². The standard InChI is InChI=1S/C10H18O5Si/c1-13-9(11)7-6-8(10(12)14-2)15-16(3,4)5/h6H,7H2,1-5H3/b8-6+. The smallest absolute Gasteiger partial charge is 0.371 e. The SMILES string of the molecule is COC(=O)C/C=C(/O[Si](C)(C)C)C(=O)OC. The van der Waals surface area contributed by atoms with Gasteiger partial charge in [0.15, 0.2) is 5.76 Å². The van der Waals surface area contributed by atoms with E-state index in [2.05, 4.69) is 9.47 Å². The van der Waals surface area contributed by atoms with Crippen LogP contribution in [-0.4, -0.2) is 34.5 Å². The number of hydrogen-bond donors (Lipinski definition) is 0. The molecule has 0 aromatic carbocycles. The Morgan fingerprint density at radius 1 is 1.12 bits per heavy atom. The average molecular weight is 246 g/mol. The van der Waals surface area contributed by atoms with Crippen molar-refractivity contribution in [1.29, 1.82) is 0 Å². The van der Waals surface area contributed by atoms with Gasteiger partial charge in [-0.2, -0.15) is 0 Å². The van der Waals surface area contributed by atoms with Gasteiger partial charge in [0.25, 0.3) is 0 Å². The van der Waals surface area contributed by atoms with Gasteiger partial charge in [0.2, 0.25) is 8.32 Å². The summed E-state index contributed by atoms with van der Waals surface area (Å²) < 4.78 is 14.5. The molecule has 16 heavy (non-hydrogen) atoms. The molecule has 0 heterocycles. The largest absolute Gasteiger partial charge is 0.540 e. The molecule has 0 aromatic rings. The third-order valence-electron chi connectivity index (χ3n) is 1.48. The second kappa shape index (κ2) is 6.32. The highest BCUT2D eigenvalue weighted by atomic mass is 28.4. The Labute approximate surface area is 96.5 Å². The molecule has 0 radical (unpaired) electrons. The summed E-state index contributed by atoms with van der Waals surface area (Å²) in [6, 6.07) is 0. The van der Waals surface area contributed by atoms with E-state index in [-0.39, 0.29) is 12.2 Å². The molecule has 0 unspecified atom stereocenters. The van der Waals surface area contributed by atoms with Gasteiger partial charge in [0, 0.05) is 0 Å². The predicted octanol–water partition coefficient (Wildman–Crippen LogP) is 1.46. The van der Waals surface area contributed by atoms with Crippen LogP contribution in [0.4, 0.5) is 0 Å². The number of hydrogen-bond acceptors (Lipinski definition) is 5. The van der Waals surface area contributed by atoms with E-state index in [0.29, 0.717) is 0 Å². The van der Waals surface area contributed by atoms with Crippen molar-refractivity contribution in [2.45, 2.75) is 26.1 Å². The van der Waals surface area contributed by atoms with Crippen LogP contribution < -0.4 is 0 Å². The fraction of sp³-hybridized carbons (Fsp3) is 0.600. The zero-order valence-electron chi connectivity index (χ0n) is 10.3. The lowest BCUT2D eigenvalue weighted by molar-refractivity contribution is -0.139. The van der Waals surface area contributed by atoms with Crippen molar-refractivity contribution in [3.63, 3.8) is 0 Å². The molecule has 0 N–H and O–H groups in total. The molecule has 0 aliphatic heterocycles. The molecular weight excluding hydrogens is 228 g/mol. The van der Waals surface area contributed by atoms with Crippen LogP contribution >= 0.6 is 0 Å². The van der Waals surface area contributed by atoms with Crippen molar-refractivity contribution in [1.82, 2.24) is 0 Å². The second-order valence-electron chi connectivity index (χ2n) is 4.05. The normalized spacial score (nSPS) is 11.9. The lowest BCUT2D eigenvalue weighted by Crippen LogP contribution is -2.28. The minimum absolute atomic E-state index is 0.00852. The van der Waals surface area contributed by atoms with E-state index in [4.69, 9.17) is 4.43 Å². The van der Waals surface area contributed by atoms with E-state index in [1.807, 2.05) is 19.6 Å². The van der Waals surface area contributed by atoms with Crippen molar-refractivity contribution in [2.75, 3.05) is 14.2 Å². The van der Waals surface area contributed by atoms with Gasteiger partial charge < -0.3 is 13.9 Å². The molecule has 0 aliphatic rings. The Kier molecular flexibility index (Phi) is 5.80. The highest BCUT2D eigenvalue weighted by molar-refractivity contribution is 6.70. The zero-order valence-corrected chi connectivity index (χ0v) is 11.3. The molecule has 0 rings (SSSR count).